The zero-order valence-corrected chi connectivity index (χ0v) is 18.4. The number of anilines is 1. The van der Waals surface area contributed by atoms with E-state index in [0.29, 0.717) is 29.3 Å². The zero-order valence-electron chi connectivity index (χ0n) is 17.5. The molecule has 1 atom stereocenters. The van der Waals surface area contributed by atoms with E-state index in [9.17, 15) is 13.6 Å². The molecule has 2 aromatic carbocycles. The van der Waals surface area contributed by atoms with Crippen molar-refractivity contribution in [3.8, 4) is 11.5 Å². The Balaban J connectivity index is 1.66. The summed E-state index contributed by atoms with van der Waals surface area (Å²) in [6, 6.07) is 10.1. The first-order chi connectivity index (χ1) is 15.4. The van der Waals surface area contributed by atoms with Gasteiger partial charge in [-0.2, -0.15) is 0 Å². The van der Waals surface area contributed by atoms with Gasteiger partial charge in [-0.1, -0.05) is 17.8 Å². The summed E-state index contributed by atoms with van der Waals surface area (Å²) in [5.41, 5.74) is -0.0910. The Morgan fingerprint density at radius 2 is 1.94 bits per heavy atom. The van der Waals surface area contributed by atoms with E-state index in [4.69, 9.17) is 9.47 Å². The molecule has 1 amide bonds. The zero-order chi connectivity index (χ0) is 23.1. The average molecular weight is 461 g/mol. The maximum atomic E-state index is 13.7. The van der Waals surface area contributed by atoms with Gasteiger partial charge in [0, 0.05) is 12.6 Å². The number of nitrogens with zero attached hydrogens (tertiary/aromatic N) is 3. The number of halogens is 2. The van der Waals surface area contributed by atoms with Crippen LogP contribution in [0.15, 0.2) is 60.3 Å². The maximum absolute atomic E-state index is 13.7. The van der Waals surface area contributed by atoms with E-state index in [0.717, 1.165) is 23.6 Å². The molecule has 0 spiro atoms. The Bertz CT molecular complexity index is 1090. The summed E-state index contributed by atoms with van der Waals surface area (Å²) >= 11 is 1.13. The number of hydrogen-bond donors (Lipinski definition) is 1. The fraction of sp³-hybridized carbons (Fsp3) is 0.227. The number of allylic oxidation sites excluding steroid dienone is 1. The molecular formula is C22H22F2N4O3S. The van der Waals surface area contributed by atoms with Gasteiger partial charge >= 0.3 is 0 Å². The molecular weight excluding hydrogens is 438 g/mol. The Hall–Kier alpha value is -3.40. The lowest BCUT2D eigenvalue weighted by Gasteiger charge is -2.16. The van der Waals surface area contributed by atoms with E-state index >= 15 is 0 Å². The van der Waals surface area contributed by atoms with Crippen molar-refractivity contribution in [2.24, 2.45) is 0 Å². The molecule has 0 radical (unpaired) electrons. The Labute approximate surface area is 188 Å². The van der Waals surface area contributed by atoms with Gasteiger partial charge in [-0.05, 0) is 43.3 Å². The predicted octanol–water partition coefficient (Wildman–Crippen LogP) is 4.62. The fourth-order valence-corrected chi connectivity index (χ4v) is 3.58. The van der Waals surface area contributed by atoms with Crippen molar-refractivity contribution in [2.45, 2.75) is 24.7 Å². The second-order valence-corrected chi connectivity index (χ2v) is 7.58. The van der Waals surface area contributed by atoms with E-state index in [1.165, 1.54) is 6.07 Å². The predicted molar refractivity (Wildman–Crippen MR) is 118 cm³/mol. The van der Waals surface area contributed by atoms with Gasteiger partial charge in [0.15, 0.2) is 17.1 Å². The molecule has 3 rings (SSSR count). The largest absolute Gasteiger partial charge is 0.497 e. The van der Waals surface area contributed by atoms with E-state index < -0.39 is 23.6 Å². The molecule has 0 bridgehead atoms. The van der Waals surface area contributed by atoms with Crippen molar-refractivity contribution in [3.05, 3.63) is 72.6 Å². The highest BCUT2D eigenvalue weighted by Gasteiger charge is 2.20. The SMILES string of the molecule is C=CCn1c(SCC(=O)Nc2ccc(F)cc2F)nnc1C(C)Oc1ccc(OC)cc1. The lowest BCUT2D eigenvalue weighted by molar-refractivity contribution is -0.113. The number of carbonyl (C=O) groups excluding carboxylic acids is 1. The van der Waals surface area contributed by atoms with E-state index in [1.807, 2.05) is 6.92 Å². The molecule has 1 unspecified atom stereocenters. The minimum Gasteiger partial charge on any atom is -0.497 e. The van der Waals surface area contributed by atoms with Gasteiger partial charge in [0.25, 0.3) is 0 Å². The summed E-state index contributed by atoms with van der Waals surface area (Å²) in [6.07, 6.45) is 1.26. The Morgan fingerprint density at radius 3 is 2.59 bits per heavy atom. The van der Waals surface area contributed by atoms with Crippen LogP contribution < -0.4 is 14.8 Å². The molecule has 0 aliphatic carbocycles. The van der Waals surface area contributed by atoms with Crippen molar-refractivity contribution < 1.29 is 23.0 Å². The number of amides is 1. The first-order valence-corrected chi connectivity index (χ1v) is 10.6. The van der Waals surface area contributed by atoms with Crippen LogP contribution in [0.4, 0.5) is 14.5 Å². The van der Waals surface area contributed by atoms with E-state index in [1.54, 1.807) is 42.0 Å². The van der Waals surface area contributed by atoms with Gasteiger partial charge < -0.3 is 14.8 Å². The Morgan fingerprint density at radius 1 is 1.22 bits per heavy atom. The third kappa shape index (κ3) is 5.85. The maximum Gasteiger partial charge on any atom is 0.234 e. The van der Waals surface area contributed by atoms with Gasteiger partial charge in [0.05, 0.1) is 18.6 Å². The highest BCUT2D eigenvalue weighted by molar-refractivity contribution is 7.99. The highest BCUT2D eigenvalue weighted by atomic mass is 32.2. The lowest BCUT2D eigenvalue weighted by Crippen LogP contribution is -2.16. The van der Waals surface area contributed by atoms with Crippen molar-refractivity contribution in [2.75, 3.05) is 18.2 Å². The molecule has 0 aliphatic rings. The number of aromatic nitrogens is 3. The number of rotatable bonds is 10. The molecule has 1 N–H and O–H groups in total. The number of hydrogen-bond acceptors (Lipinski definition) is 6. The summed E-state index contributed by atoms with van der Waals surface area (Å²) < 4.78 is 39.6. The molecule has 1 aromatic heterocycles. The third-order valence-electron chi connectivity index (χ3n) is 4.33. The molecule has 0 saturated carbocycles. The average Bonchev–Trinajstić information content (AvgIpc) is 3.18. The number of carbonyl (C=O) groups is 1. The van der Waals surface area contributed by atoms with Crippen LogP contribution in [0, 0.1) is 11.6 Å². The van der Waals surface area contributed by atoms with E-state index in [-0.39, 0.29) is 11.4 Å². The number of thioether (sulfide) groups is 1. The van der Waals surface area contributed by atoms with Crippen molar-refractivity contribution in [1.82, 2.24) is 14.8 Å². The normalized spacial score (nSPS) is 11.6. The van der Waals surface area contributed by atoms with Crippen molar-refractivity contribution in [3.63, 3.8) is 0 Å². The molecule has 10 heteroatoms. The van der Waals surface area contributed by atoms with E-state index in [2.05, 4.69) is 22.1 Å². The quantitative estimate of drug-likeness (QED) is 0.351. The minimum atomic E-state index is -0.843. The van der Waals surface area contributed by atoms with Crippen LogP contribution in [0.1, 0.15) is 18.9 Å². The highest BCUT2D eigenvalue weighted by Crippen LogP contribution is 2.26. The number of ether oxygens (including phenoxy) is 2. The van der Waals surface area contributed by atoms with Crippen molar-refractivity contribution in [1.29, 1.82) is 0 Å². The second kappa shape index (κ2) is 10.8. The van der Waals surface area contributed by atoms with Gasteiger partial charge in [0.2, 0.25) is 5.91 Å². The molecule has 0 aliphatic heterocycles. The first-order valence-electron chi connectivity index (χ1n) is 9.63. The number of nitrogens with one attached hydrogen (secondary N) is 1. The van der Waals surface area contributed by atoms with Gasteiger partial charge in [-0.3, -0.25) is 9.36 Å². The molecule has 3 aromatic rings. The summed E-state index contributed by atoms with van der Waals surface area (Å²) in [5.74, 6) is -0.139. The van der Waals surface area contributed by atoms with Crippen LogP contribution in [0.2, 0.25) is 0 Å². The van der Waals surface area contributed by atoms with Gasteiger partial charge in [-0.15, -0.1) is 16.8 Å². The van der Waals surface area contributed by atoms with Gasteiger partial charge in [0.1, 0.15) is 23.1 Å². The number of methoxy groups -OCH3 is 1. The molecule has 1 heterocycles. The molecule has 7 nitrogen and oxygen atoms in total. The first kappa shape index (κ1) is 23.3. The minimum absolute atomic E-state index is 0.0419. The lowest BCUT2D eigenvalue weighted by atomic mass is 10.3. The molecule has 0 fully saturated rings. The third-order valence-corrected chi connectivity index (χ3v) is 5.30. The Kier molecular flexibility index (Phi) is 7.82. The summed E-state index contributed by atoms with van der Waals surface area (Å²) in [4.78, 5) is 12.2. The summed E-state index contributed by atoms with van der Waals surface area (Å²) in [7, 11) is 1.59. The van der Waals surface area contributed by atoms with Crippen LogP contribution in [-0.2, 0) is 11.3 Å². The summed E-state index contributed by atoms with van der Waals surface area (Å²) in [6.45, 7) is 6.01. The molecule has 32 heavy (non-hydrogen) atoms. The topological polar surface area (TPSA) is 78.3 Å². The summed E-state index contributed by atoms with van der Waals surface area (Å²) in [5, 5.41) is 11.3. The smallest absolute Gasteiger partial charge is 0.234 e. The molecule has 0 saturated heterocycles. The fourth-order valence-electron chi connectivity index (χ4n) is 2.83. The van der Waals surface area contributed by atoms with Crippen molar-refractivity contribution >= 4 is 23.4 Å². The van der Waals surface area contributed by atoms with Gasteiger partial charge in [-0.25, -0.2) is 8.78 Å². The standard InChI is InChI=1S/C22H22F2N4O3S/c1-4-11-28-21(14(2)31-17-8-6-16(30-3)7-9-17)26-27-22(28)32-13-20(29)25-19-10-5-15(23)12-18(19)24/h4-10,12,14H,1,11,13H2,2-3H3,(H,25,29). The van der Waals surface area contributed by atoms with Crippen LogP contribution in [-0.4, -0.2) is 33.5 Å². The second-order valence-electron chi connectivity index (χ2n) is 6.64. The molecule has 168 valence electrons. The van der Waals surface area contributed by atoms with Crippen LogP contribution in [0.25, 0.3) is 0 Å². The van der Waals surface area contributed by atoms with Crippen LogP contribution in [0.5, 0.6) is 11.5 Å². The number of benzene rings is 2. The monoisotopic (exact) mass is 460 g/mol. The van der Waals surface area contributed by atoms with Crippen LogP contribution in [0.3, 0.4) is 0 Å². The van der Waals surface area contributed by atoms with Crippen LogP contribution >= 0.6 is 11.8 Å².